The molecule has 226 valence electrons. The molecule has 0 saturated heterocycles. The summed E-state index contributed by atoms with van der Waals surface area (Å²) in [5.41, 5.74) is 1.50. The number of nitrogens with zero attached hydrogens (tertiary/aromatic N) is 3. The number of carbonyl (C=O) groups is 2. The molecule has 0 aliphatic rings. The third-order valence-corrected chi connectivity index (χ3v) is 9.30. The molecule has 0 bridgehead atoms. The van der Waals surface area contributed by atoms with Crippen molar-refractivity contribution in [1.82, 2.24) is 14.5 Å². The molecule has 12 heteroatoms. The maximum atomic E-state index is 14.2. The van der Waals surface area contributed by atoms with Gasteiger partial charge >= 0.3 is 10.2 Å². The first kappa shape index (κ1) is 33.3. The van der Waals surface area contributed by atoms with Crippen molar-refractivity contribution < 1.29 is 22.4 Å². The van der Waals surface area contributed by atoms with Crippen LogP contribution in [-0.4, -0.2) is 62.2 Å². The van der Waals surface area contributed by atoms with Crippen molar-refractivity contribution in [3.05, 3.63) is 99.8 Å². The summed E-state index contributed by atoms with van der Waals surface area (Å²) in [4.78, 5) is 29.3. The molecule has 42 heavy (non-hydrogen) atoms. The van der Waals surface area contributed by atoms with Crippen LogP contribution in [0.3, 0.4) is 0 Å². The first-order valence-corrected chi connectivity index (χ1v) is 15.5. The van der Waals surface area contributed by atoms with Crippen molar-refractivity contribution in [3.63, 3.8) is 0 Å². The van der Waals surface area contributed by atoms with Gasteiger partial charge in [0, 0.05) is 33.1 Å². The first-order chi connectivity index (χ1) is 19.8. The van der Waals surface area contributed by atoms with Crippen LogP contribution in [0.5, 0.6) is 0 Å². The molecule has 0 fully saturated rings. The number of hydrogen-bond acceptors (Lipinski definition) is 4. The molecule has 0 aliphatic carbocycles. The normalized spacial score (nSPS) is 13.0. The van der Waals surface area contributed by atoms with E-state index in [1.54, 1.807) is 18.2 Å². The van der Waals surface area contributed by atoms with Crippen molar-refractivity contribution in [3.8, 4) is 0 Å². The number of hydrogen-bond donors (Lipinski definition) is 1. The molecular weight excluding hydrogens is 602 g/mol. The summed E-state index contributed by atoms with van der Waals surface area (Å²) in [5.74, 6) is -1.58. The second-order valence-corrected chi connectivity index (χ2v) is 12.9. The second-order valence-electron chi connectivity index (χ2n) is 10.1. The molecule has 0 spiro atoms. The van der Waals surface area contributed by atoms with Crippen molar-refractivity contribution in [1.29, 1.82) is 0 Å². The third kappa shape index (κ3) is 8.67. The lowest BCUT2D eigenvalue weighted by atomic mass is 10.0. The average Bonchev–Trinajstić information content (AvgIpc) is 2.96. The van der Waals surface area contributed by atoms with Crippen LogP contribution in [0.4, 0.5) is 10.1 Å². The van der Waals surface area contributed by atoms with Crippen molar-refractivity contribution in [2.75, 3.05) is 24.9 Å². The van der Waals surface area contributed by atoms with E-state index >= 15 is 0 Å². The Morgan fingerprint density at radius 1 is 0.929 bits per heavy atom. The molecule has 0 radical (unpaired) electrons. The zero-order valence-electron chi connectivity index (χ0n) is 23.9. The minimum absolute atomic E-state index is 0.0551. The standard InChI is InChI=1S/C30H35Cl2FN4O4S/c1-5-21(2)34-30(39)28(18-22-9-7-6-8-10-22)36(19-23-11-16-26(31)27(32)17-23)29(38)20-37(42(40,41)35(3)4)25-14-12-24(33)13-15-25/h6-17,21,28H,5,18-20H2,1-4H3,(H,34,39)/t21-,28-/m0/s1. The predicted octanol–water partition coefficient (Wildman–Crippen LogP) is 5.30. The Morgan fingerprint density at radius 3 is 2.14 bits per heavy atom. The molecule has 8 nitrogen and oxygen atoms in total. The lowest BCUT2D eigenvalue weighted by molar-refractivity contribution is -0.140. The van der Waals surface area contributed by atoms with Crippen molar-refractivity contribution >= 4 is 50.9 Å². The molecule has 1 N–H and O–H groups in total. The molecule has 0 aromatic heterocycles. The summed E-state index contributed by atoms with van der Waals surface area (Å²) in [5, 5.41) is 3.57. The smallest absolute Gasteiger partial charge is 0.304 e. The zero-order chi connectivity index (χ0) is 31.0. The lowest BCUT2D eigenvalue weighted by Crippen LogP contribution is -2.55. The highest BCUT2D eigenvalue weighted by molar-refractivity contribution is 7.90. The van der Waals surface area contributed by atoms with Crippen LogP contribution in [0.1, 0.15) is 31.4 Å². The summed E-state index contributed by atoms with van der Waals surface area (Å²) < 4.78 is 42.3. The van der Waals surface area contributed by atoms with Gasteiger partial charge in [0.1, 0.15) is 18.4 Å². The van der Waals surface area contributed by atoms with Crippen LogP contribution in [0, 0.1) is 5.82 Å². The highest BCUT2D eigenvalue weighted by atomic mass is 35.5. The van der Waals surface area contributed by atoms with Crippen LogP contribution in [0.15, 0.2) is 72.8 Å². The molecule has 0 unspecified atom stereocenters. The van der Waals surface area contributed by atoms with Gasteiger partial charge in [-0.1, -0.05) is 66.5 Å². The second kappa shape index (κ2) is 14.8. The van der Waals surface area contributed by atoms with Crippen LogP contribution in [-0.2, 0) is 32.8 Å². The topological polar surface area (TPSA) is 90.0 Å². The SMILES string of the molecule is CC[C@H](C)NC(=O)[C@H](Cc1ccccc1)N(Cc1ccc(Cl)c(Cl)c1)C(=O)CN(c1ccc(F)cc1)S(=O)(=O)N(C)C. The maximum Gasteiger partial charge on any atom is 0.304 e. The van der Waals surface area contributed by atoms with Crippen LogP contribution in [0.25, 0.3) is 0 Å². The van der Waals surface area contributed by atoms with E-state index in [4.69, 9.17) is 23.2 Å². The van der Waals surface area contributed by atoms with E-state index in [-0.39, 0.29) is 35.6 Å². The molecule has 3 rings (SSSR count). The summed E-state index contributed by atoms with van der Waals surface area (Å²) in [6, 6.07) is 17.7. The van der Waals surface area contributed by atoms with Gasteiger partial charge in [-0.05, 0) is 60.9 Å². The number of amides is 2. The number of halogens is 3. The fourth-order valence-electron chi connectivity index (χ4n) is 4.15. The average molecular weight is 638 g/mol. The highest BCUT2D eigenvalue weighted by Gasteiger charge is 2.35. The summed E-state index contributed by atoms with van der Waals surface area (Å²) >= 11 is 12.4. The van der Waals surface area contributed by atoms with Crippen molar-refractivity contribution in [2.24, 2.45) is 0 Å². The van der Waals surface area contributed by atoms with Gasteiger partial charge in [0.15, 0.2) is 0 Å². The highest BCUT2D eigenvalue weighted by Crippen LogP contribution is 2.26. The molecule has 3 aromatic carbocycles. The van der Waals surface area contributed by atoms with Crippen molar-refractivity contribution in [2.45, 2.75) is 45.3 Å². The fourth-order valence-corrected chi connectivity index (χ4v) is 5.53. The molecule has 2 atom stereocenters. The molecule has 0 aliphatic heterocycles. The number of rotatable bonds is 13. The first-order valence-electron chi connectivity index (χ1n) is 13.4. The van der Waals surface area contributed by atoms with Gasteiger partial charge in [-0.3, -0.25) is 9.59 Å². The van der Waals surface area contributed by atoms with Crippen LogP contribution >= 0.6 is 23.2 Å². The van der Waals surface area contributed by atoms with E-state index in [1.165, 1.54) is 31.1 Å². The fraction of sp³-hybridized carbons (Fsp3) is 0.333. The number of nitrogens with one attached hydrogen (secondary N) is 1. The van der Waals surface area contributed by atoms with Gasteiger partial charge in [0.25, 0.3) is 0 Å². The van der Waals surface area contributed by atoms with E-state index in [9.17, 15) is 22.4 Å². The Bertz CT molecular complexity index is 1470. The summed E-state index contributed by atoms with van der Waals surface area (Å²) in [6.45, 7) is 3.10. The summed E-state index contributed by atoms with van der Waals surface area (Å²) in [7, 11) is -1.52. The minimum Gasteiger partial charge on any atom is -0.352 e. The molecule has 0 heterocycles. The van der Waals surface area contributed by atoms with Gasteiger partial charge in [-0.15, -0.1) is 0 Å². The van der Waals surface area contributed by atoms with Gasteiger partial charge in [0.2, 0.25) is 11.8 Å². The Kier molecular flexibility index (Phi) is 11.8. The number of benzene rings is 3. The quantitative estimate of drug-likeness (QED) is 0.276. The van der Waals surface area contributed by atoms with E-state index in [0.717, 1.165) is 26.3 Å². The van der Waals surface area contributed by atoms with Gasteiger partial charge in [-0.25, -0.2) is 8.70 Å². The summed E-state index contributed by atoms with van der Waals surface area (Å²) in [6.07, 6.45) is 0.844. The largest absolute Gasteiger partial charge is 0.352 e. The molecule has 0 saturated carbocycles. The van der Waals surface area contributed by atoms with Gasteiger partial charge in [0.05, 0.1) is 15.7 Å². The van der Waals surface area contributed by atoms with Gasteiger partial charge in [-0.2, -0.15) is 12.7 Å². The Hall–Kier alpha value is -3.18. The van der Waals surface area contributed by atoms with E-state index in [1.807, 2.05) is 44.2 Å². The monoisotopic (exact) mass is 636 g/mol. The predicted molar refractivity (Wildman–Crippen MR) is 165 cm³/mol. The Morgan fingerprint density at radius 2 is 1.57 bits per heavy atom. The minimum atomic E-state index is -4.19. The van der Waals surface area contributed by atoms with E-state index in [0.29, 0.717) is 17.0 Å². The zero-order valence-corrected chi connectivity index (χ0v) is 26.3. The molecule has 2 amide bonds. The Labute approximate surface area is 257 Å². The van der Waals surface area contributed by atoms with Crippen LogP contribution in [0.2, 0.25) is 10.0 Å². The molecule has 3 aromatic rings. The van der Waals surface area contributed by atoms with Crippen LogP contribution < -0.4 is 9.62 Å². The maximum absolute atomic E-state index is 14.2. The lowest BCUT2D eigenvalue weighted by Gasteiger charge is -2.35. The number of carbonyl (C=O) groups excluding carboxylic acids is 2. The molecular formula is C30H35Cl2FN4O4S. The Balaban J connectivity index is 2.11. The van der Waals surface area contributed by atoms with E-state index in [2.05, 4.69) is 5.32 Å². The number of anilines is 1. The third-order valence-electron chi connectivity index (χ3n) is 6.74. The van der Waals surface area contributed by atoms with Gasteiger partial charge < -0.3 is 10.2 Å². The van der Waals surface area contributed by atoms with E-state index < -0.39 is 34.5 Å².